The van der Waals surface area contributed by atoms with E-state index in [2.05, 4.69) is 34.8 Å². The Morgan fingerprint density at radius 2 is 1.73 bits per heavy atom. The maximum Gasteiger partial charge on any atom is 0.261 e. The number of nitrogens with one attached hydrogen (secondary N) is 1. The molecule has 0 saturated carbocycles. The maximum absolute atomic E-state index is 13.1. The van der Waals surface area contributed by atoms with E-state index in [1.807, 2.05) is 62.4 Å². The third-order valence-electron chi connectivity index (χ3n) is 4.86. The molecule has 2 amide bonds. The number of unbranched alkanes of at least 4 members (excludes halogenated alkanes) is 1. The van der Waals surface area contributed by atoms with Gasteiger partial charge in [0.25, 0.3) is 5.91 Å². The van der Waals surface area contributed by atoms with Crippen molar-refractivity contribution in [3.63, 3.8) is 0 Å². The Hall–Kier alpha value is -2.09. The summed E-state index contributed by atoms with van der Waals surface area (Å²) >= 11 is 2.22. The summed E-state index contributed by atoms with van der Waals surface area (Å²) in [5, 5.41) is 2.97. The smallest absolute Gasteiger partial charge is 0.261 e. The molecular weight excluding hydrogens is 491 g/mol. The highest BCUT2D eigenvalue weighted by Gasteiger charge is 2.28. The fraction of sp³-hybridized carbons (Fsp3) is 0.417. The second kappa shape index (κ2) is 12.6. The van der Waals surface area contributed by atoms with Crippen LogP contribution in [0.5, 0.6) is 5.75 Å². The summed E-state index contributed by atoms with van der Waals surface area (Å²) in [5.41, 5.74) is 2.14. The standard InChI is InChI=1S/C24H31IN2O3/c1-4-6-15-26-24(29)22(5-2)27(16-19-9-7-18(3)8-10-19)23(28)17-30-21-13-11-20(25)12-14-21/h7-14,22H,4-6,15-17H2,1-3H3,(H,26,29)/t22-/m1/s1. The number of benzene rings is 2. The van der Waals surface area contributed by atoms with Crippen molar-refractivity contribution in [1.29, 1.82) is 0 Å². The summed E-state index contributed by atoms with van der Waals surface area (Å²) in [6.45, 7) is 6.92. The lowest BCUT2D eigenvalue weighted by atomic mass is 10.1. The van der Waals surface area contributed by atoms with Crippen LogP contribution < -0.4 is 10.1 Å². The lowest BCUT2D eigenvalue weighted by molar-refractivity contribution is -0.143. The van der Waals surface area contributed by atoms with E-state index in [4.69, 9.17) is 4.74 Å². The first-order valence-corrected chi connectivity index (χ1v) is 11.5. The second-order valence-electron chi connectivity index (χ2n) is 7.32. The molecule has 0 saturated heterocycles. The number of rotatable bonds is 11. The van der Waals surface area contributed by atoms with Gasteiger partial charge >= 0.3 is 0 Å². The van der Waals surface area contributed by atoms with Crippen LogP contribution in [0.1, 0.15) is 44.2 Å². The van der Waals surface area contributed by atoms with Crippen molar-refractivity contribution in [3.8, 4) is 5.75 Å². The molecule has 162 valence electrons. The molecule has 0 aromatic heterocycles. The summed E-state index contributed by atoms with van der Waals surface area (Å²) < 4.78 is 6.81. The van der Waals surface area contributed by atoms with Gasteiger partial charge in [0.15, 0.2) is 6.61 Å². The van der Waals surface area contributed by atoms with Gasteiger partial charge in [-0.1, -0.05) is 50.1 Å². The van der Waals surface area contributed by atoms with Gasteiger partial charge in [-0.05, 0) is 72.2 Å². The van der Waals surface area contributed by atoms with Gasteiger partial charge in [0, 0.05) is 16.7 Å². The molecule has 0 fully saturated rings. The van der Waals surface area contributed by atoms with Crippen LogP contribution in [0.25, 0.3) is 0 Å². The van der Waals surface area contributed by atoms with Crippen molar-refractivity contribution in [2.45, 2.75) is 52.6 Å². The monoisotopic (exact) mass is 522 g/mol. The molecule has 30 heavy (non-hydrogen) atoms. The molecule has 0 spiro atoms. The molecule has 0 unspecified atom stereocenters. The number of hydrogen-bond donors (Lipinski definition) is 1. The number of hydrogen-bond acceptors (Lipinski definition) is 3. The highest BCUT2D eigenvalue weighted by Crippen LogP contribution is 2.16. The van der Waals surface area contributed by atoms with Crippen molar-refractivity contribution < 1.29 is 14.3 Å². The van der Waals surface area contributed by atoms with E-state index >= 15 is 0 Å². The van der Waals surface area contributed by atoms with E-state index < -0.39 is 6.04 Å². The summed E-state index contributed by atoms with van der Waals surface area (Å²) in [6, 6.07) is 15.0. The molecule has 5 nitrogen and oxygen atoms in total. The van der Waals surface area contributed by atoms with E-state index in [1.165, 1.54) is 0 Å². The first-order valence-electron chi connectivity index (χ1n) is 10.5. The Morgan fingerprint density at radius 3 is 2.33 bits per heavy atom. The van der Waals surface area contributed by atoms with E-state index in [0.717, 1.165) is 27.5 Å². The largest absolute Gasteiger partial charge is 0.484 e. The molecule has 0 aliphatic rings. The van der Waals surface area contributed by atoms with Crippen LogP contribution in [-0.4, -0.2) is 35.9 Å². The minimum atomic E-state index is -0.531. The topological polar surface area (TPSA) is 58.6 Å². The van der Waals surface area contributed by atoms with Gasteiger partial charge in [-0.2, -0.15) is 0 Å². The van der Waals surface area contributed by atoms with Gasteiger partial charge in [0.2, 0.25) is 5.91 Å². The predicted molar refractivity (Wildman–Crippen MR) is 128 cm³/mol. The number of amides is 2. The molecule has 2 rings (SSSR count). The Balaban J connectivity index is 2.15. The molecule has 1 N–H and O–H groups in total. The molecule has 2 aromatic rings. The average molecular weight is 522 g/mol. The molecular formula is C24H31IN2O3. The van der Waals surface area contributed by atoms with Crippen LogP contribution in [0.4, 0.5) is 0 Å². The number of aryl methyl sites for hydroxylation is 1. The van der Waals surface area contributed by atoms with Gasteiger partial charge < -0.3 is 15.0 Å². The van der Waals surface area contributed by atoms with Crippen LogP contribution in [0.2, 0.25) is 0 Å². The normalized spacial score (nSPS) is 11.6. The summed E-state index contributed by atoms with van der Waals surface area (Å²) in [6.07, 6.45) is 2.47. The van der Waals surface area contributed by atoms with E-state index in [9.17, 15) is 9.59 Å². The number of halogens is 1. The summed E-state index contributed by atoms with van der Waals surface area (Å²) in [5.74, 6) is 0.326. The van der Waals surface area contributed by atoms with Crippen LogP contribution in [0.3, 0.4) is 0 Å². The van der Waals surface area contributed by atoms with Crippen molar-refractivity contribution in [2.75, 3.05) is 13.2 Å². The van der Waals surface area contributed by atoms with Crippen molar-refractivity contribution in [2.24, 2.45) is 0 Å². The van der Waals surface area contributed by atoms with Crippen molar-refractivity contribution >= 4 is 34.4 Å². The van der Waals surface area contributed by atoms with Crippen LogP contribution in [0, 0.1) is 10.5 Å². The Morgan fingerprint density at radius 1 is 1.07 bits per heavy atom. The number of ether oxygens (including phenoxy) is 1. The first kappa shape index (κ1) is 24.2. The van der Waals surface area contributed by atoms with Gasteiger partial charge in [-0.3, -0.25) is 9.59 Å². The molecule has 1 atom stereocenters. The zero-order valence-electron chi connectivity index (χ0n) is 18.0. The second-order valence-corrected chi connectivity index (χ2v) is 8.56. The zero-order valence-corrected chi connectivity index (χ0v) is 20.1. The number of carbonyl (C=O) groups excluding carboxylic acids is 2. The average Bonchev–Trinajstić information content (AvgIpc) is 2.74. The molecule has 0 radical (unpaired) electrons. The third kappa shape index (κ3) is 7.63. The van der Waals surface area contributed by atoms with Gasteiger partial charge in [-0.15, -0.1) is 0 Å². The molecule has 0 aliphatic carbocycles. The predicted octanol–water partition coefficient (Wildman–Crippen LogP) is 4.70. The maximum atomic E-state index is 13.1. The molecule has 0 heterocycles. The molecule has 0 bridgehead atoms. The van der Waals surface area contributed by atoms with E-state index in [1.54, 1.807) is 4.90 Å². The van der Waals surface area contributed by atoms with E-state index in [-0.39, 0.29) is 18.4 Å². The van der Waals surface area contributed by atoms with Crippen molar-refractivity contribution in [1.82, 2.24) is 10.2 Å². The molecule has 6 heteroatoms. The van der Waals surface area contributed by atoms with Crippen LogP contribution in [-0.2, 0) is 16.1 Å². The van der Waals surface area contributed by atoms with Gasteiger partial charge in [0.1, 0.15) is 11.8 Å². The number of carbonyl (C=O) groups is 2. The Labute approximate surface area is 193 Å². The Bertz CT molecular complexity index is 806. The third-order valence-corrected chi connectivity index (χ3v) is 5.58. The van der Waals surface area contributed by atoms with Gasteiger partial charge in [0.05, 0.1) is 0 Å². The van der Waals surface area contributed by atoms with E-state index in [0.29, 0.717) is 25.3 Å². The fourth-order valence-electron chi connectivity index (χ4n) is 3.07. The highest BCUT2D eigenvalue weighted by atomic mass is 127. The lowest BCUT2D eigenvalue weighted by Gasteiger charge is -2.30. The zero-order chi connectivity index (χ0) is 21.9. The number of nitrogens with zero attached hydrogens (tertiary/aromatic N) is 1. The molecule has 0 aliphatic heterocycles. The fourth-order valence-corrected chi connectivity index (χ4v) is 3.43. The summed E-state index contributed by atoms with van der Waals surface area (Å²) in [7, 11) is 0. The molecule has 2 aromatic carbocycles. The lowest BCUT2D eigenvalue weighted by Crippen LogP contribution is -2.50. The Kier molecular flexibility index (Phi) is 10.1. The van der Waals surface area contributed by atoms with Crippen molar-refractivity contribution in [3.05, 3.63) is 63.2 Å². The minimum absolute atomic E-state index is 0.106. The van der Waals surface area contributed by atoms with Gasteiger partial charge in [-0.25, -0.2) is 0 Å². The van der Waals surface area contributed by atoms with Crippen LogP contribution in [0.15, 0.2) is 48.5 Å². The highest BCUT2D eigenvalue weighted by molar-refractivity contribution is 14.1. The van der Waals surface area contributed by atoms with Crippen LogP contribution >= 0.6 is 22.6 Å². The SMILES string of the molecule is CCCCNC(=O)[C@@H](CC)N(Cc1ccc(C)cc1)C(=O)COc1ccc(I)cc1. The quantitative estimate of drug-likeness (QED) is 0.344. The summed E-state index contributed by atoms with van der Waals surface area (Å²) in [4.78, 5) is 27.6. The first-order chi connectivity index (χ1) is 14.4. The minimum Gasteiger partial charge on any atom is -0.484 e.